The molecule has 0 bridgehead atoms. The van der Waals surface area contributed by atoms with E-state index in [0.717, 1.165) is 0 Å². The first-order valence-electron chi connectivity index (χ1n) is 4.33. The van der Waals surface area contributed by atoms with Crippen molar-refractivity contribution < 1.29 is 45.7 Å². The Morgan fingerprint density at radius 1 is 1.36 bits per heavy atom. The third kappa shape index (κ3) is 11.5. The number of rotatable bonds is 3. The van der Waals surface area contributed by atoms with Crippen LogP contribution >= 0.6 is 23.0 Å². The number of nitrogens with one attached hydrogen (secondary N) is 1. The standard InChI is InChI=1S/C6H12INO2.C2H3O.Y/c7-9-10-8-6-4-2-1-3-5-6;1-2-3;/h6,8H,1-5H2;1H3;/q;-1;. The van der Waals surface area contributed by atoms with Gasteiger partial charge in [-0.25, -0.2) is 0 Å². The second-order valence-electron chi connectivity index (χ2n) is 2.80. The summed E-state index contributed by atoms with van der Waals surface area (Å²) in [5.41, 5.74) is 2.84. The maximum absolute atomic E-state index is 8.68. The Kier molecular flexibility index (Phi) is 18.3. The van der Waals surface area contributed by atoms with Crippen molar-refractivity contribution in [1.82, 2.24) is 5.48 Å². The Bertz CT molecular complexity index is 123. The van der Waals surface area contributed by atoms with Crippen LogP contribution in [-0.4, -0.2) is 12.3 Å². The predicted octanol–water partition coefficient (Wildman–Crippen LogP) is 2.24. The molecule has 0 amide bonds. The summed E-state index contributed by atoms with van der Waals surface area (Å²) < 4.78 is 4.40. The molecule has 6 heteroatoms. The average Bonchev–Trinajstić information content (AvgIpc) is 2.18. The molecule has 1 fully saturated rings. The van der Waals surface area contributed by atoms with Crippen LogP contribution in [0.3, 0.4) is 0 Å². The van der Waals surface area contributed by atoms with Crippen LogP contribution in [0.4, 0.5) is 0 Å². The summed E-state index contributed by atoms with van der Waals surface area (Å²) in [5, 5.41) is 0. The van der Waals surface area contributed by atoms with Gasteiger partial charge in [0, 0.05) is 38.8 Å². The summed E-state index contributed by atoms with van der Waals surface area (Å²) in [7, 11) is 0. The van der Waals surface area contributed by atoms with Crippen LogP contribution in [0.2, 0.25) is 0 Å². The van der Waals surface area contributed by atoms with E-state index < -0.39 is 0 Å². The molecule has 14 heavy (non-hydrogen) atoms. The van der Waals surface area contributed by atoms with Gasteiger partial charge in [-0.2, -0.15) is 12.4 Å². The SMILES string of the molecule is C[C-]=O.IOONC1CCCCC1.[Y]. The Morgan fingerprint density at radius 3 is 2.29 bits per heavy atom. The Morgan fingerprint density at radius 2 is 1.86 bits per heavy atom. The van der Waals surface area contributed by atoms with E-state index in [9.17, 15) is 0 Å². The molecule has 0 heterocycles. The van der Waals surface area contributed by atoms with E-state index in [1.165, 1.54) is 45.3 Å². The fourth-order valence-electron chi connectivity index (χ4n) is 1.31. The molecule has 1 aliphatic rings. The fourth-order valence-corrected chi connectivity index (χ4v) is 1.41. The van der Waals surface area contributed by atoms with Crippen molar-refractivity contribution in [1.29, 1.82) is 0 Å². The molecule has 1 rings (SSSR count). The first-order valence-corrected chi connectivity index (χ1v) is 5.22. The van der Waals surface area contributed by atoms with Gasteiger partial charge in [-0.1, -0.05) is 19.3 Å². The van der Waals surface area contributed by atoms with Gasteiger partial charge in [0.05, 0.1) is 0 Å². The van der Waals surface area contributed by atoms with Crippen molar-refractivity contribution in [2.24, 2.45) is 0 Å². The maximum atomic E-state index is 8.68. The summed E-state index contributed by atoms with van der Waals surface area (Å²) in [6.45, 7) is 1.32. The molecule has 0 atom stereocenters. The zero-order valence-corrected chi connectivity index (χ0v) is 13.3. The van der Waals surface area contributed by atoms with Gasteiger partial charge in [0.2, 0.25) is 0 Å². The maximum Gasteiger partial charge on any atom is 0.157 e. The predicted molar refractivity (Wildman–Crippen MR) is 57.6 cm³/mol. The topological polar surface area (TPSA) is 47.6 Å². The fraction of sp³-hybridized carbons (Fsp3) is 0.875. The van der Waals surface area contributed by atoms with Crippen LogP contribution in [-0.2, 0) is 45.7 Å². The van der Waals surface area contributed by atoms with Crippen LogP contribution in [0.5, 0.6) is 0 Å². The number of hydrogen-bond acceptors (Lipinski definition) is 4. The molecule has 4 nitrogen and oxygen atoms in total. The Balaban J connectivity index is 0. The molecule has 0 aliphatic heterocycles. The minimum Gasteiger partial charge on any atom is -0.542 e. The third-order valence-electron chi connectivity index (χ3n) is 1.85. The van der Waals surface area contributed by atoms with Gasteiger partial charge in [0.25, 0.3) is 0 Å². The van der Waals surface area contributed by atoms with E-state index in [2.05, 4.69) is 13.7 Å². The van der Waals surface area contributed by atoms with Gasteiger partial charge in [0.1, 0.15) is 0 Å². The first kappa shape index (κ1) is 17.8. The van der Waals surface area contributed by atoms with Gasteiger partial charge in [-0.05, 0) is 12.8 Å². The van der Waals surface area contributed by atoms with Crippen LogP contribution < -0.4 is 5.48 Å². The second-order valence-corrected chi connectivity index (χ2v) is 3.16. The molecule has 1 saturated carbocycles. The van der Waals surface area contributed by atoms with Crippen molar-refractivity contribution in [2.75, 3.05) is 0 Å². The van der Waals surface area contributed by atoms with Gasteiger partial charge in [0.15, 0.2) is 23.0 Å². The number of carbonyl (C=O) groups excluding carboxylic acids is 1. The van der Waals surface area contributed by atoms with Gasteiger partial charge < -0.3 is 4.79 Å². The monoisotopic (exact) mass is 389 g/mol. The van der Waals surface area contributed by atoms with E-state index >= 15 is 0 Å². The van der Waals surface area contributed by atoms with Gasteiger partial charge in [-0.15, -0.1) is 8.21 Å². The second kappa shape index (κ2) is 14.4. The van der Waals surface area contributed by atoms with Crippen molar-refractivity contribution in [3.05, 3.63) is 0 Å². The van der Waals surface area contributed by atoms with Gasteiger partial charge >= 0.3 is 0 Å². The molecule has 0 spiro atoms. The minimum atomic E-state index is 0. The van der Waals surface area contributed by atoms with E-state index in [1.54, 1.807) is 23.0 Å². The Labute approximate surface area is 124 Å². The van der Waals surface area contributed by atoms with Crippen molar-refractivity contribution >= 4 is 29.3 Å². The summed E-state index contributed by atoms with van der Waals surface area (Å²) in [6.07, 6.45) is 7.90. The average molecular weight is 389 g/mol. The molecule has 0 aromatic heterocycles. The molecular weight excluding hydrogens is 374 g/mol. The third-order valence-corrected chi connectivity index (χ3v) is 2.03. The molecule has 0 unspecified atom stereocenters. The zero-order chi connectivity index (χ0) is 9.94. The van der Waals surface area contributed by atoms with E-state index in [-0.39, 0.29) is 32.7 Å². The van der Waals surface area contributed by atoms with Crippen LogP contribution in [0.25, 0.3) is 0 Å². The summed E-state index contributed by atoms with van der Waals surface area (Å²) >= 11 is 1.70. The first-order chi connectivity index (χ1) is 6.35. The molecule has 1 radical (unpaired) electrons. The van der Waals surface area contributed by atoms with Crippen molar-refractivity contribution in [2.45, 2.75) is 45.1 Å². The smallest absolute Gasteiger partial charge is 0.157 e. The zero-order valence-electron chi connectivity index (χ0n) is 8.29. The molecule has 0 aromatic carbocycles. The largest absolute Gasteiger partial charge is 0.542 e. The van der Waals surface area contributed by atoms with Crippen molar-refractivity contribution in [3.8, 4) is 0 Å². The van der Waals surface area contributed by atoms with Gasteiger partial charge in [-0.3, -0.25) is 6.29 Å². The quantitative estimate of drug-likeness (QED) is 0.348. The summed E-state index contributed by atoms with van der Waals surface area (Å²) in [5.74, 6) is 0. The molecular formula is C8H15INO3Y-. The molecule has 81 valence electrons. The normalized spacial score (nSPS) is 16.1. The summed E-state index contributed by atoms with van der Waals surface area (Å²) in [4.78, 5) is 13.3. The van der Waals surface area contributed by atoms with E-state index in [1.807, 2.05) is 0 Å². The minimum absolute atomic E-state index is 0. The van der Waals surface area contributed by atoms with Crippen LogP contribution in [0.1, 0.15) is 39.0 Å². The number of hydrogen-bond donors (Lipinski definition) is 1. The molecule has 0 saturated heterocycles. The molecule has 1 N–H and O–H groups in total. The molecule has 0 aromatic rings. The number of hydroxylamine groups is 1. The van der Waals surface area contributed by atoms with Crippen LogP contribution in [0.15, 0.2) is 0 Å². The Hall–Kier alpha value is 1.38. The van der Waals surface area contributed by atoms with E-state index in [4.69, 9.17) is 4.79 Å². The van der Waals surface area contributed by atoms with Crippen LogP contribution in [0, 0.1) is 0 Å². The van der Waals surface area contributed by atoms with Crippen molar-refractivity contribution in [3.63, 3.8) is 0 Å². The number of halogens is 1. The van der Waals surface area contributed by atoms with E-state index in [0.29, 0.717) is 6.04 Å². The molecule has 1 aliphatic carbocycles. The summed E-state index contributed by atoms with van der Waals surface area (Å²) in [6, 6.07) is 0.503.